The van der Waals surface area contributed by atoms with Crippen LogP contribution in [0.4, 0.5) is 40.6 Å². The summed E-state index contributed by atoms with van der Waals surface area (Å²) >= 11 is 0. The van der Waals surface area contributed by atoms with Gasteiger partial charge < -0.3 is 25.8 Å². The van der Waals surface area contributed by atoms with E-state index in [1.54, 1.807) is 6.92 Å². The van der Waals surface area contributed by atoms with Gasteiger partial charge in [-0.05, 0) is 73.2 Å². The van der Waals surface area contributed by atoms with Crippen molar-refractivity contribution >= 4 is 104 Å². The lowest BCUT2D eigenvalue weighted by atomic mass is 9.80. The molecule has 7 aromatic rings. The quantitative estimate of drug-likeness (QED) is 0.0535. The molecule has 0 radical (unpaired) electrons. The zero-order valence-corrected chi connectivity index (χ0v) is 37.9. The highest BCUT2D eigenvalue weighted by Gasteiger charge is 2.35. The number of aromatic nitrogens is 4. The van der Waals surface area contributed by atoms with Crippen LogP contribution >= 0.6 is 0 Å². The maximum atomic E-state index is 14.6. The lowest BCUT2D eigenvalue weighted by Gasteiger charge is -2.26. The number of nitrogens with zero attached hydrogens (tertiary/aromatic N) is 4. The second-order valence-corrected chi connectivity index (χ2v) is 20.3. The summed E-state index contributed by atoms with van der Waals surface area (Å²) in [6, 6.07) is 18.8. The van der Waals surface area contributed by atoms with Gasteiger partial charge in [-0.1, -0.05) is 36.4 Å². The molecule has 2 aromatic heterocycles. The highest BCUT2D eigenvalue weighted by atomic mass is 32.2. The van der Waals surface area contributed by atoms with Gasteiger partial charge in [0.25, 0.3) is 46.0 Å². The molecule has 0 bridgehead atoms. The Labute approximate surface area is 385 Å². The van der Waals surface area contributed by atoms with Crippen LogP contribution in [0.3, 0.4) is 0 Å². The predicted molar refractivity (Wildman–Crippen MR) is 244 cm³/mol. The van der Waals surface area contributed by atoms with Crippen LogP contribution in [-0.2, 0) is 47.5 Å². The highest BCUT2D eigenvalue weighted by molar-refractivity contribution is 7.87. The first kappa shape index (κ1) is 47.0. The first-order valence-electron chi connectivity index (χ1n) is 19.3. The van der Waals surface area contributed by atoms with Crippen LogP contribution in [0.1, 0.15) is 38.8 Å². The van der Waals surface area contributed by atoms with E-state index in [0.717, 1.165) is 34.9 Å². The maximum absolute atomic E-state index is 14.6. The fourth-order valence-electron chi connectivity index (χ4n) is 7.44. The van der Waals surface area contributed by atoms with E-state index >= 15 is 0 Å². The van der Waals surface area contributed by atoms with Crippen LogP contribution in [0, 0.1) is 0 Å². The molecule has 1 aliphatic carbocycles. The second kappa shape index (κ2) is 17.0. The third-order valence-corrected chi connectivity index (χ3v) is 13.9. The van der Waals surface area contributed by atoms with Crippen molar-refractivity contribution in [1.29, 1.82) is 0 Å². The number of nitrogens with one attached hydrogen (secondary N) is 4. The molecule has 0 atom stereocenters. The molecule has 23 nitrogen and oxygen atoms in total. The molecule has 0 aliphatic heterocycles. The Morgan fingerprint density at radius 2 is 1.18 bits per heavy atom. The minimum atomic E-state index is -5.40. The molecule has 0 fully saturated rings. The van der Waals surface area contributed by atoms with Gasteiger partial charge in [-0.3, -0.25) is 32.6 Å². The number of hydrogen-bond acceptors (Lipinski definition) is 18. The summed E-state index contributed by atoms with van der Waals surface area (Å²) in [4.78, 5) is 52.5. The van der Waals surface area contributed by atoms with E-state index < -0.39 is 100 Å². The van der Waals surface area contributed by atoms with Crippen LogP contribution in [0.15, 0.2) is 121 Å². The van der Waals surface area contributed by atoms with E-state index in [-0.39, 0.29) is 68.5 Å². The Morgan fingerprint density at radius 1 is 0.588 bits per heavy atom. The molecule has 0 unspecified atom stereocenters. The molecule has 5 aromatic carbocycles. The Balaban J connectivity index is 1.31. The Bertz CT molecular complexity index is 3870. The summed E-state index contributed by atoms with van der Waals surface area (Å²) < 4.78 is 140. The molecule has 27 heteroatoms. The number of hydrogen-bond donors (Lipinski definition) is 8. The Hall–Kier alpha value is -7.50. The van der Waals surface area contributed by atoms with Crippen molar-refractivity contribution in [2.24, 2.45) is 7.05 Å². The fourth-order valence-corrected chi connectivity index (χ4v) is 9.83. The van der Waals surface area contributed by atoms with E-state index in [0.29, 0.717) is 6.07 Å². The van der Waals surface area contributed by atoms with Gasteiger partial charge in [-0.25, -0.2) is 0 Å². The zero-order chi connectivity index (χ0) is 49.2. The molecule has 0 spiro atoms. The Morgan fingerprint density at radius 3 is 1.78 bits per heavy atom. The average Bonchev–Trinajstić information content (AvgIpc) is 3.25. The van der Waals surface area contributed by atoms with Gasteiger partial charge in [0.2, 0.25) is 17.8 Å². The number of carbonyl (C=O) groups excluding carboxylic acids is 2. The van der Waals surface area contributed by atoms with Crippen molar-refractivity contribution in [2.45, 2.75) is 26.5 Å². The van der Waals surface area contributed by atoms with Crippen LogP contribution in [0.5, 0.6) is 0 Å². The molecule has 68 heavy (non-hydrogen) atoms. The number of benzene rings is 5. The molecule has 0 saturated heterocycles. The minimum absolute atomic E-state index is 0.00909. The summed E-state index contributed by atoms with van der Waals surface area (Å²) in [6.45, 7) is 1.94. The molecule has 2 heterocycles. The number of fused-ring (bicyclic) bond motifs is 2. The summed E-state index contributed by atoms with van der Waals surface area (Å²) in [7, 11) is -18.8. The molecular weight excluding hydrogens is 973 g/mol. The molecule has 350 valence electrons. The van der Waals surface area contributed by atoms with Crippen molar-refractivity contribution in [3.05, 3.63) is 130 Å². The first-order valence-corrected chi connectivity index (χ1v) is 25.1. The fraction of sp³-hybridized carbons (Fsp3) is 0.0732. The number of pyridine rings is 1. The highest BCUT2D eigenvalue weighted by Crippen LogP contribution is 2.45. The SMILES string of the molecule is CCNc1nc(Nc2ccc(S(=O)(=O)O)cc2)nc(Nc2cc(Nc3ccc4c5c3C(=O)c3ccccc3-c5c(C(=O)c3cccc(S(=O)(=O)O)c3)c(=O)n4C)c(S(=O)(=O)O)cc2S(=O)(=O)O)n1. The van der Waals surface area contributed by atoms with Crippen LogP contribution in [0.25, 0.3) is 22.0 Å². The lowest BCUT2D eigenvalue weighted by molar-refractivity contribution is 0.102. The number of carbonyl (C=O) groups is 2. The van der Waals surface area contributed by atoms with Gasteiger partial charge in [0.1, 0.15) is 9.79 Å². The van der Waals surface area contributed by atoms with Crippen LogP contribution in [-0.4, -0.2) is 89.5 Å². The third kappa shape index (κ3) is 8.89. The van der Waals surface area contributed by atoms with E-state index in [1.807, 2.05) is 0 Å². The van der Waals surface area contributed by atoms with Crippen molar-refractivity contribution in [1.82, 2.24) is 19.5 Å². The lowest BCUT2D eigenvalue weighted by Crippen LogP contribution is -2.29. The standard InChI is InChI=1S/C41H32N8O15S4/c1-3-42-39-46-40(43-21-11-13-22(14-12-21)65(53,54)55)48-41(47-39)45-28-18-27(30(67(59,60)61)19-31(28)68(62,63)64)44-26-15-16-29-34-32(24-9-4-5-10-25(24)37(51)33(26)34)35(38(52)49(29)2)36(50)20-7-6-8-23(17-20)66(56,57)58/h4-19,44H,3H2,1-2H3,(H,53,54,55)(H,56,57,58)(H,59,60,61)(H,62,63,64)(H3,42,43,45,46,47,48). The number of aryl methyl sites for hydroxylation is 1. The average molecular weight is 1010 g/mol. The molecule has 0 amide bonds. The molecule has 8 rings (SSSR count). The number of anilines is 7. The normalized spacial score (nSPS) is 12.6. The van der Waals surface area contributed by atoms with Crippen molar-refractivity contribution in [2.75, 3.05) is 27.8 Å². The third-order valence-electron chi connectivity index (χ3n) is 10.4. The smallest absolute Gasteiger partial charge is 0.296 e. The van der Waals surface area contributed by atoms with Crippen molar-refractivity contribution < 1.29 is 61.5 Å². The van der Waals surface area contributed by atoms with Gasteiger partial charge in [0.15, 0.2) is 11.6 Å². The van der Waals surface area contributed by atoms with Crippen LogP contribution in [0.2, 0.25) is 0 Å². The largest absolute Gasteiger partial charge is 0.354 e. The monoisotopic (exact) mass is 1000 g/mol. The second-order valence-electron chi connectivity index (χ2n) is 14.7. The van der Waals surface area contributed by atoms with Gasteiger partial charge >= 0.3 is 0 Å². The van der Waals surface area contributed by atoms with E-state index in [9.17, 15) is 66.3 Å². The number of rotatable bonds is 14. The predicted octanol–water partition coefficient (Wildman–Crippen LogP) is 4.82. The maximum Gasteiger partial charge on any atom is 0.296 e. The van der Waals surface area contributed by atoms with Crippen molar-refractivity contribution in [3.8, 4) is 11.1 Å². The molecule has 1 aliphatic rings. The van der Waals surface area contributed by atoms with Gasteiger partial charge in [-0.15, -0.1) is 0 Å². The summed E-state index contributed by atoms with van der Waals surface area (Å²) in [5, 5.41) is 11.0. The zero-order valence-electron chi connectivity index (χ0n) is 34.6. The summed E-state index contributed by atoms with van der Waals surface area (Å²) in [5.41, 5.74) is -3.01. The topological polar surface area (TPSA) is 360 Å². The Kier molecular flexibility index (Phi) is 11.7. The van der Waals surface area contributed by atoms with E-state index in [2.05, 4.69) is 36.2 Å². The summed E-state index contributed by atoms with van der Waals surface area (Å²) in [5.74, 6) is -2.45. The van der Waals surface area contributed by atoms with E-state index in [1.165, 1.54) is 67.7 Å². The molecular formula is C41H32N8O15S4. The number of ketones is 2. The van der Waals surface area contributed by atoms with Gasteiger partial charge in [0, 0.05) is 41.4 Å². The van der Waals surface area contributed by atoms with Crippen molar-refractivity contribution in [3.63, 3.8) is 0 Å². The van der Waals surface area contributed by atoms with Gasteiger partial charge in [0.05, 0.1) is 43.5 Å². The molecule has 8 N–H and O–H groups in total. The first-order chi connectivity index (χ1) is 31.8. The minimum Gasteiger partial charge on any atom is -0.354 e. The van der Waals surface area contributed by atoms with Gasteiger partial charge in [-0.2, -0.15) is 48.6 Å². The summed E-state index contributed by atoms with van der Waals surface area (Å²) in [6.07, 6.45) is 0. The van der Waals surface area contributed by atoms with Crippen LogP contribution < -0.4 is 26.8 Å². The molecule has 0 saturated carbocycles. The van der Waals surface area contributed by atoms with E-state index in [4.69, 9.17) is 0 Å².